The molecule has 2 aromatic carbocycles. The summed E-state index contributed by atoms with van der Waals surface area (Å²) >= 11 is 1.63. The summed E-state index contributed by atoms with van der Waals surface area (Å²) in [7, 11) is 0. The molecule has 0 saturated carbocycles. The molecule has 0 saturated heterocycles. The summed E-state index contributed by atoms with van der Waals surface area (Å²) in [6.45, 7) is 1.71. The normalized spacial score (nSPS) is 15.4. The summed E-state index contributed by atoms with van der Waals surface area (Å²) in [6, 6.07) is 16.2. The number of carbonyl (C=O) groups excluding carboxylic acids is 1. The van der Waals surface area contributed by atoms with Crippen LogP contribution in [0, 0.1) is 0 Å². The van der Waals surface area contributed by atoms with Gasteiger partial charge in [0.05, 0.1) is 12.2 Å². The van der Waals surface area contributed by atoms with Gasteiger partial charge in [0.2, 0.25) is 0 Å². The third-order valence-electron chi connectivity index (χ3n) is 4.69. The van der Waals surface area contributed by atoms with E-state index in [0.717, 1.165) is 29.5 Å². The standard InChI is InChI=1S/C21H15N3O3S/c25-19(16-11-14-3-1-2-4-18(14)27-20(16)26)23-15-7-5-13(6-8-15)17-12-28-21-22-9-10-24(17)21/h1-8,11-12H,9-10H2,(H,23,25). The Morgan fingerprint density at radius 2 is 1.96 bits per heavy atom. The van der Waals surface area contributed by atoms with Crippen LogP contribution < -0.4 is 10.9 Å². The van der Waals surface area contributed by atoms with Gasteiger partial charge in [0, 0.05) is 23.0 Å². The molecule has 0 spiro atoms. The molecule has 5 rings (SSSR count). The molecule has 0 atom stereocenters. The van der Waals surface area contributed by atoms with Crippen LogP contribution in [0.2, 0.25) is 0 Å². The number of hydrogen-bond acceptors (Lipinski definition) is 6. The summed E-state index contributed by atoms with van der Waals surface area (Å²) in [5, 5.41) is 6.60. The fourth-order valence-electron chi connectivity index (χ4n) is 3.29. The average Bonchev–Trinajstić information content (AvgIpc) is 3.32. The topological polar surface area (TPSA) is 74.9 Å². The van der Waals surface area contributed by atoms with Gasteiger partial charge in [-0.2, -0.15) is 0 Å². The molecule has 2 aliphatic heterocycles. The van der Waals surface area contributed by atoms with Gasteiger partial charge in [0.1, 0.15) is 11.1 Å². The summed E-state index contributed by atoms with van der Waals surface area (Å²) in [4.78, 5) is 31.3. The summed E-state index contributed by atoms with van der Waals surface area (Å²) in [5.41, 5.74) is 2.58. The van der Waals surface area contributed by atoms with E-state index in [0.29, 0.717) is 16.7 Å². The van der Waals surface area contributed by atoms with Gasteiger partial charge in [-0.05, 0) is 29.8 Å². The van der Waals surface area contributed by atoms with Crippen molar-refractivity contribution in [2.45, 2.75) is 0 Å². The van der Waals surface area contributed by atoms with Crippen molar-refractivity contribution in [3.63, 3.8) is 0 Å². The number of thioether (sulfide) groups is 1. The Bertz CT molecular complexity index is 1210. The van der Waals surface area contributed by atoms with Gasteiger partial charge in [-0.3, -0.25) is 9.79 Å². The first kappa shape index (κ1) is 16.8. The van der Waals surface area contributed by atoms with Gasteiger partial charge >= 0.3 is 5.63 Å². The first-order valence-electron chi connectivity index (χ1n) is 8.82. The van der Waals surface area contributed by atoms with Crippen molar-refractivity contribution >= 4 is 45.2 Å². The van der Waals surface area contributed by atoms with Gasteiger partial charge in [0.25, 0.3) is 5.91 Å². The predicted molar refractivity (Wildman–Crippen MR) is 111 cm³/mol. The number of amidine groups is 1. The molecule has 138 valence electrons. The maximum absolute atomic E-state index is 12.6. The fraction of sp³-hybridized carbons (Fsp3) is 0.0952. The first-order chi connectivity index (χ1) is 13.7. The van der Waals surface area contributed by atoms with Crippen molar-refractivity contribution in [2.24, 2.45) is 4.99 Å². The zero-order valence-corrected chi connectivity index (χ0v) is 15.5. The van der Waals surface area contributed by atoms with Crippen LogP contribution in [0.25, 0.3) is 16.7 Å². The number of anilines is 1. The summed E-state index contributed by atoms with van der Waals surface area (Å²) < 4.78 is 5.24. The van der Waals surface area contributed by atoms with Crippen LogP contribution in [0.3, 0.4) is 0 Å². The van der Waals surface area contributed by atoms with Crippen LogP contribution in [0.15, 0.2) is 74.2 Å². The van der Waals surface area contributed by atoms with Crippen molar-refractivity contribution in [1.29, 1.82) is 0 Å². The number of aliphatic imine (C=N–C) groups is 1. The number of benzene rings is 2. The highest BCUT2D eigenvalue weighted by atomic mass is 32.2. The zero-order valence-electron chi connectivity index (χ0n) is 14.7. The summed E-state index contributed by atoms with van der Waals surface area (Å²) in [6.07, 6.45) is 0. The van der Waals surface area contributed by atoms with Gasteiger partial charge < -0.3 is 14.6 Å². The number of carbonyl (C=O) groups is 1. The molecule has 1 N–H and O–H groups in total. The van der Waals surface area contributed by atoms with E-state index in [1.54, 1.807) is 36.0 Å². The largest absolute Gasteiger partial charge is 0.422 e. The number of hydrogen-bond donors (Lipinski definition) is 1. The smallest absolute Gasteiger partial charge is 0.349 e. The van der Waals surface area contributed by atoms with Crippen LogP contribution >= 0.6 is 11.8 Å². The Morgan fingerprint density at radius 3 is 2.82 bits per heavy atom. The number of nitrogens with zero attached hydrogens (tertiary/aromatic N) is 2. The van der Waals surface area contributed by atoms with Crippen molar-refractivity contribution < 1.29 is 9.21 Å². The van der Waals surface area contributed by atoms with Gasteiger partial charge in [0.15, 0.2) is 5.17 Å². The zero-order chi connectivity index (χ0) is 19.1. The number of rotatable bonds is 3. The maximum atomic E-state index is 12.6. The number of nitrogens with one attached hydrogen (secondary N) is 1. The Balaban J connectivity index is 1.37. The van der Waals surface area contributed by atoms with E-state index in [9.17, 15) is 9.59 Å². The van der Waals surface area contributed by atoms with Crippen LogP contribution in [0.1, 0.15) is 15.9 Å². The lowest BCUT2D eigenvalue weighted by atomic mass is 10.1. The van der Waals surface area contributed by atoms with E-state index in [1.165, 1.54) is 0 Å². The second-order valence-electron chi connectivity index (χ2n) is 6.45. The fourth-order valence-corrected chi connectivity index (χ4v) is 4.25. The molecular weight excluding hydrogens is 374 g/mol. The van der Waals surface area contributed by atoms with Crippen LogP contribution in [0.4, 0.5) is 5.69 Å². The van der Waals surface area contributed by atoms with E-state index < -0.39 is 11.5 Å². The molecule has 0 unspecified atom stereocenters. The molecule has 0 radical (unpaired) electrons. The Morgan fingerprint density at radius 1 is 1.14 bits per heavy atom. The molecule has 6 nitrogen and oxygen atoms in total. The minimum Gasteiger partial charge on any atom is -0.422 e. The predicted octanol–water partition coefficient (Wildman–Crippen LogP) is 3.76. The number of amides is 1. The molecule has 0 fully saturated rings. The van der Waals surface area contributed by atoms with E-state index in [4.69, 9.17) is 4.42 Å². The molecular formula is C21H15N3O3S. The molecule has 2 aliphatic rings. The molecule has 3 heterocycles. The summed E-state index contributed by atoms with van der Waals surface area (Å²) in [5.74, 6) is -0.489. The number of fused-ring (bicyclic) bond motifs is 2. The third-order valence-corrected chi connectivity index (χ3v) is 5.59. The lowest BCUT2D eigenvalue weighted by molar-refractivity contribution is 0.102. The van der Waals surface area contributed by atoms with Crippen molar-refractivity contribution in [3.05, 3.63) is 81.6 Å². The SMILES string of the molecule is O=C(Nc1ccc(C2=CSC3=NCCN23)cc1)c1cc2ccccc2oc1=O. The highest BCUT2D eigenvalue weighted by Gasteiger charge is 2.26. The molecule has 1 amide bonds. The molecule has 0 aliphatic carbocycles. The van der Waals surface area contributed by atoms with Gasteiger partial charge in [-0.15, -0.1) is 0 Å². The highest BCUT2D eigenvalue weighted by molar-refractivity contribution is 8.16. The Hall–Kier alpha value is -3.32. The Kier molecular flexibility index (Phi) is 4.02. The van der Waals surface area contributed by atoms with E-state index in [-0.39, 0.29) is 5.56 Å². The van der Waals surface area contributed by atoms with Crippen molar-refractivity contribution in [3.8, 4) is 0 Å². The van der Waals surface area contributed by atoms with Gasteiger partial charge in [-0.25, -0.2) is 4.79 Å². The average molecular weight is 389 g/mol. The van der Waals surface area contributed by atoms with Crippen molar-refractivity contribution in [2.75, 3.05) is 18.4 Å². The highest BCUT2D eigenvalue weighted by Crippen LogP contribution is 2.35. The molecule has 28 heavy (non-hydrogen) atoms. The maximum Gasteiger partial charge on any atom is 0.349 e. The molecule has 7 heteroatoms. The van der Waals surface area contributed by atoms with Crippen molar-refractivity contribution in [1.82, 2.24) is 4.90 Å². The second kappa shape index (κ2) is 6.69. The minimum absolute atomic E-state index is 0.0180. The second-order valence-corrected chi connectivity index (χ2v) is 7.29. The monoisotopic (exact) mass is 389 g/mol. The lowest BCUT2D eigenvalue weighted by Gasteiger charge is -2.16. The molecule has 1 aromatic heterocycles. The van der Waals surface area contributed by atoms with Crippen LogP contribution in [0.5, 0.6) is 0 Å². The first-order valence-corrected chi connectivity index (χ1v) is 9.70. The third kappa shape index (κ3) is 2.90. The van der Waals surface area contributed by atoms with Crippen LogP contribution in [-0.4, -0.2) is 29.1 Å². The van der Waals surface area contributed by atoms with Crippen LogP contribution in [-0.2, 0) is 0 Å². The lowest BCUT2D eigenvalue weighted by Crippen LogP contribution is -2.21. The van der Waals surface area contributed by atoms with E-state index >= 15 is 0 Å². The Labute approximate surface area is 164 Å². The minimum atomic E-state index is -0.651. The molecule has 3 aromatic rings. The quantitative estimate of drug-likeness (QED) is 0.691. The number of para-hydroxylation sites is 1. The molecule has 0 bridgehead atoms. The van der Waals surface area contributed by atoms with E-state index in [2.05, 4.69) is 20.6 Å². The van der Waals surface area contributed by atoms with Gasteiger partial charge in [-0.1, -0.05) is 42.1 Å². The van der Waals surface area contributed by atoms with E-state index in [1.807, 2.05) is 30.3 Å².